The predicted molar refractivity (Wildman–Crippen MR) is 81.4 cm³/mol. The molecule has 1 atom stereocenters. The van der Waals surface area contributed by atoms with Gasteiger partial charge in [-0.05, 0) is 40.8 Å². The van der Waals surface area contributed by atoms with Gasteiger partial charge in [0, 0.05) is 4.47 Å². The van der Waals surface area contributed by atoms with Gasteiger partial charge in [0.1, 0.15) is 0 Å². The van der Waals surface area contributed by atoms with Crippen LogP contribution in [-0.4, -0.2) is 0 Å². The Bertz CT molecular complexity index is 597. The molecule has 1 nitrogen and oxygen atoms in total. The lowest BCUT2D eigenvalue weighted by molar-refractivity contribution is 0.134. The highest BCUT2D eigenvalue weighted by Gasteiger charge is 2.15. The summed E-state index contributed by atoms with van der Waals surface area (Å²) in [6, 6.07) is 14.7. The summed E-state index contributed by atoms with van der Waals surface area (Å²) in [5.74, 6) is 0. The summed E-state index contributed by atoms with van der Waals surface area (Å²) in [6.07, 6.45) is 0.834. The maximum absolute atomic E-state index is 6.54. The van der Waals surface area contributed by atoms with Gasteiger partial charge >= 0.3 is 0 Å². The van der Waals surface area contributed by atoms with Crippen LogP contribution in [0.5, 0.6) is 0 Å². The van der Waals surface area contributed by atoms with Gasteiger partial charge in [-0.25, -0.2) is 0 Å². The van der Waals surface area contributed by atoms with Crippen molar-refractivity contribution in [3.63, 3.8) is 0 Å². The minimum atomic E-state index is 0.000185. The first-order chi connectivity index (χ1) is 9.22. The van der Waals surface area contributed by atoms with E-state index in [2.05, 4.69) is 46.3 Å². The summed E-state index contributed by atoms with van der Waals surface area (Å²) in [6.45, 7) is 1.44. The van der Waals surface area contributed by atoms with Crippen molar-refractivity contribution in [3.05, 3.63) is 69.2 Å². The second-order valence-electron chi connectivity index (χ2n) is 4.82. The van der Waals surface area contributed by atoms with Crippen LogP contribution >= 0.6 is 27.5 Å². The molecular formula is C16H14BrClO. The Kier molecular flexibility index (Phi) is 3.92. The van der Waals surface area contributed by atoms with Crippen LogP contribution in [-0.2, 0) is 24.4 Å². The predicted octanol–water partition coefficient (Wildman–Crippen LogP) is 5.00. The van der Waals surface area contributed by atoms with Gasteiger partial charge in [-0.3, -0.25) is 0 Å². The maximum Gasteiger partial charge on any atom is 0.0725 e. The summed E-state index contributed by atoms with van der Waals surface area (Å²) >= 11 is 10.0. The highest BCUT2D eigenvalue weighted by Crippen LogP contribution is 2.30. The van der Waals surface area contributed by atoms with E-state index in [1.807, 2.05) is 12.1 Å². The van der Waals surface area contributed by atoms with E-state index in [0.717, 1.165) is 17.5 Å². The molecule has 1 aliphatic rings. The molecule has 98 valence electrons. The largest absolute Gasteiger partial charge is 0.372 e. The quantitative estimate of drug-likeness (QED) is 0.716. The summed E-state index contributed by atoms with van der Waals surface area (Å²) in [4.78, 5) is 0. The Balaban J connectivity index is 1.78. The second-order valence-corrected chi connectivity index (χ2v) is 6.27. The van der Waals surface area contributed by atoms with Crippen LogP contribution in [0, 0.1) is 0 Å². The fourth-order valence-electron chi connectivity index (χ4n) is 2.38. The smallest absolute Gasteiger partial charge is 0.0725 e. The number of hydrogen-bond acceptors (Lipinski definition) is 1. The van der Waals surface area contributed by atoms with Crippen LogP contribution in [0.2, 0.25) is 0 Å². The summed E-state index contributed by atoms with van der Waals surface area (Å²) in [5, 5.41) is 0.000185. The van der Waals surface area contributed by atoms with Crippen LogP contribution in [0.3, 0.4) is 0 Å². The van der Waals surface area contributed by atoms with Gasteiger partial charge in [-0.2, -0.15) is 0 Å². The average molecular weight is 338 g/mol. The molecule has 0 aromatic heterocycles. The van der Waals surface area contributed by atoms with Crippen LogP contribution in [0.1, 0.15) is 27.6 Å². The normalized spacial score (nSPS) is 15.3. The third-order valence-electron chi connectivity index (χ3n) is 3.41. The van der Waals surface area contributed by atoms with E-state index in [9.17, 15) is 0 Å². The highest BCUT2D eigenvalue weighted by atomic mass is 79.9. The third kappa shape index (κ3) is 3.02. The first-order valence-electron chi connectivity index (χ1n) is 6.30. The van der Waals surface area contributed by atoms with Crippen molar-refractivity contribution in [1.29, 1.82) is 0 Å². The van der Waals surface area contributed by atoms with E-state index in [4.69, 9.17) is 16.3 Å². The molecule has 0 spiro atoms. The Morgan fingerprint density at radius 2 is 1.95 bits per heavy atom. The van der Waals surface area contributed by atoms with Gasteiger partial charge in [-0.15, -0.1) is 11.6 Å². The van der Waals surface area contributed by atoms with E-state index in [-0.39, 0.29) is 5.38 Å². The first kappa shape index (κ1) is 13.2. The Morgan fingerprint density at radius 3 is 2.79 bits per heavy atom. The topological polar surface area (TPSA) is 9.23 Å². The third-order valence-corrected chi connectivity index (χ3v) is 4.31. The zero-order valence-corrected chi connectivity index (χ0v) is 12.7. The van der Waals surface area contributed by atoms with Crippen molar-refractivity contribution < 1.29 is 4.74 Å². The molecule has 0 N–H and O–H groups in total. The fraction of sp³-hybridized carbons (Fsp3) is 0.250. The molecule has 0 saturated heterocycles. The lowest BCUT2D eigenvalue weighted by atomic mass is 10.00. The lowest BCUT2D eigenvalue weighted by Crippen LogP contribution is -1.97. The van der Waals surface area contributed by atoms with Gasteiger partial charge in [0.05, 0.1) is 18.6 Å². The molecule has 1 unspecified atom stereocenters. The zero-order chi connectivity index (χ0) is 13.2. The van der Waals surface area contributed by atoms with Crippen LogP contribution < -0.4 is 0 Å². The lowest BCUT2D eigenvalue weighted by Gasteiger charge is -2.11. The SMILES string of the molecule is ClC(Cc1cccc(Br)c1)c1ccc2c(c1)COC2. The second kappa shape index (κ2) is 5.66. The van der Waals surface area contributed by atoms with E-state index < -0.39 is 0 Å². The van der Waals surface area contributed by atoms with Crippen molar-refractivity contribution in [1.82, 2.24) is 0 Å². The molecule has 0 saturated carbocycles. The molecule has 1 heterocycles. The first-order valence-corrected chi connectivity index (χ1v) is 7.53. The van der Waals surface area contributed by atoms with Gasteiger partial charge in [0.2, 0.25) is 0 Å². The molecule has 0 radical (unpaired) electrons. The van der Waals surface area contributed by atoms with Crippen molar-refractivity contribution in [2.75, 3.05) is 0 Å². The molecule has 19 heavy (non-hydrogen) atoms. The zero-order valence-electron chi connectivity index (χ0n) is 10.4. The molecule has 0 bridgehead atoms. The van der Waals surface area contributed by atoms with Crippen molar-refractivity contribution in [2.24, 2.45) is 0 Å². The molecule has 2 aromatic carbocycles. The molecule has 1 aliphatic heterocycles. The minimum absolute atomic E-state index is 0.000185. The van der Waals surface area contributed by atoms with Gasteiger partial charge < -0.3 is 4.74 Å². The van der Waals surface area contributed by atoms with Crippen LogP contribution in [0.25, 0.3) is 0 Å². The molecule has 0 amide bonds. The summed E-state index contributed by atoms with van der Waals surface area (Å²) in [7, 11) is 0. The highest BCUT2D eigenvalue weighted by molar-refractivity contribution is 9.10. The van der Waals surface area contributed by atoms with Gasteiger partial charge in [0.15, 0.2) is 0 Å². The fourth-order valence-corrected chi connectivity index (χ4v) is 3.14. The van der Waals surface area contributed by atoms with E-state index >= 15 is 0 Å². The van der Waals surface area contributed by atoms with Crippen molar-refractivity contribution >= 4 is 27.5 Å². The molecule has 0 aliphatic carbocycles. The van der Waals surface area contributed by atoms with Crippen LogP contribution in [0.4, 0.5) is 0 Å². The number of halogens is 2. The summed E-state index contributed by atoms with van der Waals surface area (Å²) < 4.78 is 6.53. The molecule has 0 fully saturated rings. The standard InChI is InChI=1S/C16H14BrClO/c17-15-3-1-2-11(6-15)7-16(18)12-4-5-13-9-19-10-14(13)8-12/h1-6,8,16H,7,9-10H2. The average Bonchev–Trinajstić information content (AvgIpc) is 2.85. The van der Waals surface area contributed by atoms with Crippen LogP contribution in [0.15, 0.2) is 46.9 Å². The number of fused-ring (bicyclic) bond motifs is 1. The number of rotatable bonds is 3. The van der Waals surface area contributed by atoms with Crippen molar-refractivity contribution in [3.8, 4) is 0 Å². The number of hydrogen-bond donors (Lipinski definition) is 0. The minimum Gasteiger partial charge on any atom is -0.372 e. The van der Waals surface area contributed by atoms with E-state index in [1.165, 1.54) is 22.3 Å². The summed E-state index contributed by atoms with van der Waals surface area (Å²) in [5.41, 5.74) is 4.98. The van der Waals surface area contributed by atoms with Gasteiger partial charge in [0.25, 0.3) is 0 Å². The molecular weight excluding hydrogens is 324 g/mol. The van der Waals surface area contributed by atoms with Gasteiger partial charge in [-0.1, -0.05) is 46.3 Å². The Hall–Kier alpha value is -0.830. The maximum atomic E-state index is 6.54. The number of alkyl halides is 1. The Labute approximate surface area is 126 Å². The molecule has 2 aromatic rings. The van der Waals surface area contributed by atoms with E-state index in [0.29, 0.717) is 6.61 Å². The molecule has 3 heteroatoms. The number of ether oxygens (including phenoxy) is 1. The monoisotopic (exact) mass is 336 g/mol. The van der Waals surface area contributed by atoms with Crippen molar-refractivity contribution in [2.45, 2.75) is 25.0 Å². The Morgan fingerprint density at radius 1 is 1.11 bits per heavy atom. The number of benzene rings is 2. The van der Waals surface area contributed by atoms with E-state index in [1.54, 1.807) is 0 Å². The molecule has 3 rings (SSSR count).